The van der Waals surface area contributed by atoms with Crippen LogP contribution in [0.15, 0.2) is 48.5 Å². The van der Waals surface area contributed by atoms with Crippen molar-refractivity contribution in [2.45, 2.75) is 25.7 Å². The molecule has 4 nitrogen and oxygen atoms in total. The summed E-state index contributed by atoms with van der Waals surface area (Å²) in [5, 5.41) is 12.4. The number of rotatable bonds is 8. The van der Waals surface area contributed by atoms with Gasteiger partial charge in [0.1, 0.15) is 11.6 Å². The van der Waals surface area contributed by atoms with Crippen molar-refractivity contribution in [1.29, 1.82) is 0 Å². The Labute approximate surface area is 140 Å². The molecule has 0 radical (unpaired) electrons. The summed E-state index contributed by atoms with van der Waals surface area (Å²) in [4.78, 5) is 23.6. The molecule has 0 heterocycles. The van der Waals surface area contributed by atoms with Gasteiger partial charge in [0.25, 0.3) is 0 Å². The Hall–Kier alpha value is -2.69. The maximum atomic E-state index is 12.8. The number of ketones is 1. The zero-order valence-electron chi connectivity index (χ0n) is 13.3. The number of phenolic OH excluding ortho intramolecular Hbond substituents is 1. The highest BCUT2D eigenvalue weighted by Crippen LogP contribution is 2.15. The molecular formula is C19H20FNO3. The van der Waals surface area contributed by atoms with Crippen molar-refractivity contribution in [2.24, 2.45) is 0 Å². The van der Waals surface area contributed by atoms with E-state index in [0.717, 1.165) is 5.56 Å². The average Bonchev–Trinajstić information content (AvgIpc) is 2.57. The van der Waals surface area contributed by atoms with Crippen LogP contribution in [0.3, 0.4) is 0 Å². The van der Waals surface area contributed by atoms with Crippen molar-refractivity contribution in [3.05, 3.63) is 65.5 Å². The zero-order valence-corrected chi connectivity index (χ0v) is 13.3. The average molecular weight is 329 g/mol. The van der Waals surface area contributed by atoms with Crippen molar-refractivity contribution >= 4 is 11.7 Å². The number of para-hydroxylation sites is 1. The molecule has 0 saturated heterocycles. The highest BCUT2D eigenvalue weighted by molar-refractivity contribution is 5.96. The number of hydrogen-bond acceptors (Lipinski definition) is 3. The van der Waals surface area contributed by atoms with E-state index in [-0.39, 0.29) is 36.1 Å². The van der Waals surface area contributed by atoms with Crippen LogP contribution in [-0.4, -0.2) is 23.3 Å². The molecule has 2 rings (SSSR count). The Morgan fingerprint density at radius 3 is 2.42 bits per heavy atom. The Bertz CT molecular complexity index is 698. The Kier molecular flexibility index (Phi) is 6.49. The maximum Gasteiger partial charge on any atom is 0.220 e. The summed E-state index contributed by atoms with van der Waals surface area (Å²) >= 11 is 0. The van der Waals surface area contributed by atoms with Crippen LogP contribution in [0.25, 0.3) is 0 Å². The van der Waals surface area contributed by atoms with Crippen LogP contribution in [0.1, 0.15) is 35.2 Å². The monoisotopic (exact) mass is 329 g/mol. The molecule has 0 atom stereocenters. The molecule has 0 spiro atoms. The number of carbonyl (C=O) groups is 2. The first-order valence-electron chi connectivity index (χ1n) is 7.88. The fourth-order valence-corrected chi connectivity index (χ4v) is 2.34. The van der Waals surface area contributed by atoms with Crippen molar-refractivity contribution in [1.82, 2.24) is 5.32 Å². The molecule has 0 aromatic heterocycles. The summed E-state index contributed by atoms with van der Waals surface area (Å²) in [7, 11) is 0. The summed E-state index contributed by atoms with van der Waals surface area (Å²) in [6.45, 7) is 0.433. The lowest BCUT2D eigenvalue weighted by Crippen LogP contribution is -2.25. The summed E-state index contributed by atoms with van der Waals surface area (Å²) in [6.07, 6.45) is 1.50. The first kappa shape index (κ1) is 17.7. The van der Waals surface area contributed by atoms with Gasteiger partial charge >= 0.3 is 0 Å². The third kappa shape index (κ3) is 5.50. The molecule has 2 aromatic carbocycles. The van der Waals surface area contributed by atoms with Gasteiger partial charge in [-0.05, 0) is 48.7 Å². The van der Waals surface area contributed by atoms with Gasteiger partial charge in [-0.3, -0.25) is 9.59 Å². The maximum absolute atomic E-state index is 12.8. The fourth-order valence-electron chi connectivity index (χ4n) is 2.34. The number of carbonyl (C=O) groups excluding carboxylic acids is 2. The summed E-state index contributed by atoms with van der Waals surface area (Å²) in [6, 6.07) is 12.4. The number of amides is 1. The van der Waals surface area contributed by atoms with Crippen molar-refractivity contribution in [2.75, 3.05) is 6.54 Å². The largest absolute Gasteiger partial charge is 0.508 e. The normalized spacial score (nSPS) is 10.4. The van der Waals surface area contributed by atoms with Gasteiger partial charge in [0.15, 0.2) is 5.78 Å². The Balaban J connectivity index is 1.65. The van der Waals surface area contributed by atoms with Crippen LogP contribution in [0, 0.1) is 5.82 Å². The number of phenols is 1. The number of Topliss-reactive ketones (excluding diaryl/α,β-unsaturated/α-hetero) is 1. The van der Waals surface area contributed by atoms with E-state index in [1.165, 1.54) is 24.3 Å². The van der Waals surface area contributed by atoms with E-state index >= 15 is 0 Å². The lowest BCUT2D eigenvalue weighted by atomic mass is 10.1. The van der Waals surface area contributed by atoms with Crippen LogP contribution < -0.4 is 5.32 Å². The van der Waals surface area contributed by atoms with E-state index in [2.05, 4.69) is 5.32 Å². The second-order valence-electron chi connectivity index (χ2n) is 5.51. The SMILES string of the molecule is O=C(CCCC(=O)c1ccc(F)cc1)NCCc1ccccc1O. The lowest BCUT2D eigenvalue weighted by molar-refractivity contribution is -0.121. The number of aromatic hydroxyl groups is 1. The minimum atomic E-state index is -0.379. The number of halogens is 1. The quantitative estimate of drug-likeness (QED) is 0.731. The molecule has 0 unspecified atom stereocenters. The molecule has 0 bridgehead atoms. The molecule has 2 aromatic rings. The molecule has 0 aliphatic carbocycles. The highest BCUT2D eigenvalue weighted by Gasteiger charge is 2.08. The molecule has 126 valence electrons. The molecule has 0 fully saturated rings. The third-order valence-electron chi connectivity index (χ3n) is 3.68. The van der Waals surface area contributed by atoms with Crippen LogP contribution in [-0.2, 0) is 11.2 Å². The summed E-state index contributed by atoms with van der Waals surface area (Å²) < 4.78 is 12.8. The van der Waals surface area contributed by atoms with Crippen LogP contribution in [0.4, 0.5) is 4.39 Å². The van der Waals surface area contributed by atoms with Crippen LogP contribution in [0.2, 0.25) is 0 Å². The molecule has 24 heavy (non-hydrogen) atoms. The minimum Gasteiger partial charge on any atom is -0.508 e. The van der Waals surface area contributed by atoms with E-state index in [4.69, 9.17) is 0 Å². The molecule has 0 saturated carbocycles. The third-order valence-corrected chi connectivity index (χ3v) is 3.68. The van der Waals surface area contributed by atoms with Gasteiger partial charge in [0.05, 0.1) is 0 Å². The van der Waals surface area contributed by atoms with Crippen molar-refractivity contribution < 1.29 is 19.1 Å². The van der Waals surface area contributed by atoms with Gasteiger partial charge in [0.2, 0.25) is 5.91 Å². The van der Waals surface area contributed by atoms with Gasteiger partial charge in [-0.25, -0.2) is 4.39 Å². The van der Waals surface area contributed by atoms with Gasteiger partial charge in [-0.1, -0.05) is 18.2 Å². The summed E-state index contributed by atoms with van der Waals surface area (Å²) in [5.74, 6) is -0.388. The highest BCUT2D eigenvalue weighted by atomic mass is 19.1. The van der Waals surface area contributed by atoms with Gasteiger partial charge < -0.3 is 10.4 Å². The van der Waals surface area contributed by atoms with Crippen LogP contribution >= 0.6 is 0 Å². The molecular weight excluding hydrogens is 309 g/mol. The molecule has 1 amide bonds. The minimum absolute atomic E-state index is 0.1000. The van der Waals surface area contributed by atoms with E-state index in [1.54, 1.807) is 12.1 Å². The fraction of sp³-hybridized carbons (Fsp3) is 0.263. The van der Waals surface area contributed by atoms with Crippen LogP contribution in [0.5, 0.6) is 5.75 Å². The summed E-state index contributed by atoms with van der Waals surface area (Å²) in [5.41, 5.74) is 1.24. The second-order valence-corrected chi connectivity index (χ2v) is 5.51. The van der Waals surface area contributed by atoms with E-state index in [1.807, 2.05) is 12.1 Å². The molecule has 0 aliphatic heterocycles. The zero-order chi connectivity index (χ0) is 17.4. The number of hydrogen-bond donors (Lipinski definition) is 2. The van der Waals surface area contributed by atoms with Gasteiger partial charge in [0, 0.05) is 24.9 Å². The number of benzene rings is 2. The molecule has 0 aliphatic rings. The first-order valence-corrected chi connectivity index (χ1v) is 7.88. The van der Waals surface area contributed by atoms with Crippen molar-refractivity contribution in [3.63, 3.8) is 0 Å². The predicted octanol–water partition coefficient (Wildman–Crippen LogP) is 3.24. The van der Waals surface area contributed by atoms with Gasteiger partial charge in [-0.2, -0.15) is 0 Å². The lowest BCUT2D eigenvalue weighted by Gasteiger charge is -2.06. The van der Waals surface area contributed by atoms with E-state index in [9.17, 15) is 19.1 Å². The predicted molar refractivity (Wildman–Crippen MR) is 89.4 cm³/mol. The standard InChI is InChI=1S/C19H20FNO3/c20-16-10-8-15(9-11-16)18(23)6-3-7-19(24)21-13-12-14-4-1-2-5-17(14)22/h1-2,4-5,8-11,22H,3,6-7,12-13H2,(H,21,24). The molecule has 2 N–H and O–H groups in total. The Morgan fingerprint density at radius 2 is 1.71 bits per heavy atom. The van der Waals surface area contributed by atoms with E-state index < -0.39 is 0 Å². The smallest absolute Gasteiger partial charge is 0.220 e. The van der Waals surface area contributed by atoms with E-state index in [0.29, 0.717) is 24.9 Å². The number of nitrogens with one attached hydrogen (secondary N) is 1. The second kappa shape index (κ2) is 8.82. The topological polar surface area (TPSA) is 66.4 Å². The van der Waals surface area contributed by atoms with Gasteiger partial charge in [-0.15, -0.1) is 0 Å². The Morgan fingerprint density at radius 1 is 1.00 bits per heavy atom. The molecule has 5 heteroatoms. The first-order chi connectivity index (χ1) is 11.6. The van der Waals surface area contributed by atoms with Crippen molar-refractivity contribution in [3.8, 4) is 5.75 Å².